The molecular weight excluding hydrogens is 266 g/mol. The van der Waals surface area contributed by atoms with Crippen LogP contribution in [0.2, 0.25) is 0 Å². The summed E-state index contributed by atoms with van der Waals surface area (Å²) in [7, 11) is 0. The van der Waals surface area contributed by atoms with E-state index in [1.54, 1.807) is 0 Å². The predicted molar refractivity (Wildman–Crippen MR) is 59.1 cm³/mol. The van der Waals surface area contributed by atoms with Gasteiger partial charge in [0.2, 0.25) is 0 Å². The van der Waals surface area contributed by atoms with E-state index in [9.17, 15) is 27.5 Å². The molecule has 0 amide bonds. The van der Waals surface area contributed by atoms with Crippen molar-refractivity contribution < 1.29 is 22.7 Å². The summed E-state index contributed by atoms with van der Waals surface area (Å²) in [5.74, 6) is -2.52. The van der Waals surface area contributed by atoms with Gasteiger partial charge >= 0.3 is 6.18 Å². The molecule has 1 aromatic rings. The highest BCUT2D eigenvalue weighted by molar-refractivity contribution is 5.01. The zero-order valence-electron chi connectivity index (χ0n) is 9.90. The molecule has 3 unspecified atom stereocenters. The Labute approximate surface area is 106 Å². The van der Waals surface area contributed by atoms with Crippen molar-refractivity contribution in [1.29, 1.82) is 0 Å². The Hall–Kier alpha value is -1.37. The van der Waals surface area contributed by atoms with Gasteiger partial charge in [0.15, 0.2) is 0 Å². The van der Waals surface area contributed by atoms with E-state index < -0.39 is 35.6 Å². The maximum absolute atomic E-state index is 13.1. The Kier molecular flexibility index (Phi) is 3.66. The molecule has 1 aliphatic rings. The molecule has 106 valence electrons. The Morgan fingerprint density at radius 3 is 2.58 bits per heavy atom. The number of pyridine rings is 1. The third-order valence-electron chi connectivity index (χ3n) is 3.47. The summed E-state index contributed by atoms with van der Waals surface area (Å²) < 4.78 is 52.7. The molecular formula is C12H13F4NO2. The van der Waals surface area contributed by atoms with Gasteiger partial charge in [-0.3, -0.25) is 4.79 Å². The van der Waals surface area contributed by atoms with Crippen molar-refractivity contribution >= 4 is 0 Å². The van der Waals surface area contributed by atoms with Crippen LogP contribution in [0.1, 0.15) is 25.3 Å². The van der Waals surface area contributed by atoms with Gasteiger partial charge in [-0.15, -0.1) is 0 Å². The molecule has 2 rings (SSSR count). The Morgan fingerprint density at radius 1 is 1.26 bits per heavy atom. The summed E-state index contributed by atoms with van der Waals surface area (Å²) in [5.41, 5.74) is -0.699. The number of aromatic nitrogens is 1. The van der Waals surface area contributed by atoms with Gasteiger partial charge in [-0.1, -0.05) is 0 Å². The first-order valence-corrected chi connectivity index (χ1v) is 5.91. The van der Waals surface area contributed by atoms with Gasteiger partial charge in [0.1, 0.15) is 5.82 Å². The molecule has 0 spiro atoms. The highest BCUT2D eigenvalue weighted by Gasteiger charge is 2.48. The lowest BCUT2D eigenvalue weighted by atomic mass is 9.82. The molecule has 0 radical (unpaired) electrons. The topological polar surface area (TPSA) is 42.2 Å². The van der Waals surface area contributed by atoms with Crippen molar-refractivity contribution in [1.82, 2.24) is 4.57 Å². The summed E-state index contributed by atoms with van der Waals surface area (Å²) in [4.78, 5) is 11.6. The molecule has 1 N–H and O–H groups in total. The minimum atomic E-state index is -4.48. The molecule has 1 aliphatic carbocycles. The van der Waals surface area contributed by atoms with Crippen LogP contribution in [0.4, 0.5) is 17.6 Å². The Bertz CT molecular complexity index is 511. The molecule has 0 saturated heterocycles. The first kappa shape index (κ1) is 14.0. The van der Waals surface area contributed by atoms with Gasteiger partial charge in [0.05, 0.1) is 18.1 Å². The molecule has 3 nitrogen and oxygen atoms in total. The summed E-state index contributed by atoms with van der Waals surface area (Å²) in [6, 6.07) is 0.539. The summed E-state index contributed by atoms with van der Waals surface area (Å²) >= 11 is 0. The molecule has 19 heavy (non-hydrogen) atoms. The van der Waals surface area contributed by atoms with Crippen LogP contribution in [0, 0.1) is 11.7 Å². The molecule has 1 fully saturated rings. The Balaban J connectivity index is 2.42. The monoisotopic (exact) mass is 279 g/mol. The maximum Gasteiger partial charge on any atom is 0.393 e. The molecule has 1 aromatic heterocycles. The number of aliphatic hydroxyl groups is 1. The zero-order valence-corrected chi connectivity index (χ0v) is 9.90. The fourth-order valence-electron chi connectivity index (χ4n) is 2.55. The van der Waals surface area contributed by atoms with Crippen LogP contribution in [-0.4, -0.2) is 22.0 Å². The van der Waals surface area contributed by atoms with Gasteiger partial charge in [-0.25, -0.2) is 4.39 Å². The quantitative estimate of drug-likeness (QED) is 0.801. The minimum Gasteiger partial charge on any atom is -0.393 e. The zero-order chi connectivity index (χ0) is 14.2. The van der Waals surface area contributed by atoms with E-state index >= 15 is 0 Å². The van der Waals surface area contributed by atoms with Crippen molar-refractivity contribution in [3.8, 4) is 0 Å². The predicted octanol–water partition coefficient (Wildman–Crippen LogP) is 2.25. The number of alkyl halides is 3. The number of nitrogens with zero attached hydrogens (tertiary/aromatic N) is 1. The number of hydrogen-bond donors (Lipinski definition) is 1. The third-order valence-corrected chi connectivity index (χ3v) is 3.47. The lowest BCUT2D eigenvalue weighted by Gasteiger charge is -2.36. The fraction of sp³-hybridized carbons (Fsp3) is 0.583. The smallest absolute Gasteiger partial charge is 0.393 e. The van der Waals surface area contributed by atoms with Gasteiger partial charge in [-0.05, 0) is 25.3 Å². The highest BCUT2D eigenvalue weighted by atomic mass is 19.4. The van der Waals surface area contributed by atoms with E-state index in [-0.39, 0.29) is 19.3 Å². The van der Waals surface area contributed by atoms with Crippen molar-refractivity contribution in [2.75, 3.05) is 0 Å². The van der Waals surface area contributed by atoms with E-state index in [0.29, 0.717) is 0 Å². The van der Waals surface area contributed by atoms with E-state index in [1.165, 1.54) is 0 Å². The number of aliphatic hydroxyl groups excluding tert-OH is 1. The maximum atomic E-state index is 13.1. The van der Waals surface area contributed by atoms with Crippen LogP contribution in [0.3, 0.4) is 0 Å². The van der Waals surface area contributed by atoms with Crippen molar-refractivity contribution in [2.24, 2.45) is 5.92 Å². The van der Waals surface area contributed by atoms with Gasteiger partial charge < -0.3 is 9.67 Å². The number of halogens is 4. The average Bonchev–Trinajstić information content (AvgIpc) is 2.30. The normalized spacial score (nSPS) is 28.4. The molecule has 7 heteroatoms. The van der Waals surface area contributed by atoms with Crippen molar-refractivity contribution in [2.45, 2.75) is 37.6 Å². The minimum absolute atomic E-state index is 0.0325. The lowest BCUT2D eigenvalue weighted by molar-refractivity contribution is -0.199. The average molecular weight is 279 g/mol. The van der Waals surface area contributed by atoms with Crippen molar-refractivity contribution in [3.05, 3.63) is 34.5 Å². The van der Waals surface area contributed by atoms with Gasteiger partial charge in [-0.2, -0.15) is 13.2 Å². The summed E-state index contributed by atoms with van der Waals surface area (Å²) in [6.45, 7) is 0. The van der Waals surface area contributed by atoms with E-state index in [2.05, 4.69) is 0 Å². The van der Waals surface area contributed by atoms with E-state index in [4.69, 9.17) is 0 Å². The fourth-order valence-corrected chi connectivity index (χ4v) is 2.55. The molecule has 1 saturated carbocycles. The van der Waals surface area contributed by atoms with Crippen LogP contribution in [-0.2, 0) is 0 Å². The summed E-state index contributed by atoms with van der Waals surface area (Å²) in [5, 5.41) is 9.51. The van der Waals surface area contributed by atoms with Gasteiger partial charge in [0.25, 0.3) is 5.56 Å². The largest absolute Gasteiger partial charge is 0.393 e. The number of rotatable bonds is 1. The molecule has 0 aromatic carbocycles. The second-order valence-corrected chi connectivity index (χ2v) is 4.78. The van der Waals surface area contributed by atoms with Crippen LogP contribution in [0.25, 0.3) is 0 Å². The second kappa shape index (κ2) is 4.96. The second-order valence-electron chi connectivity index (χ2n) is 4.78. The molecule has 0 bridgehead atoms. The standard InChI is InChI=1S/C12H13F4NO2/c13-7-1-4-11(19)17(6-7)10-5-8(18)2-3-9(10)12(14,15)16/h1,4,6,8-10,18H,2-3,5H2. The van der Waals surface area contributed by atoms with Crippen molar-refractivity contribution in [3.63, 3.8) is 0 Å². The molecule has 0 aliphatic heterocycles. The highest BCUT2D eigenvalue weighted by Crippen LogP contribution is 2.43. The Morgan fingerprint density at radius 2 is 1.95 bits per heavy atom. The SMILES string of the molecule is O=c1ccc(F)cn1C1CC(O)CCC1C(F)(F)F. The van der Waals surface area contributed by atoms with E-state index in [0.717, 1.165) is 22.9 Å². The first-order valence-electron chi connectivity index (χ1n) is 5.91. The number of hydrogen-bond acceptors (Lipinski definition) is 2. The first-order chi connectivity index (χ1) is 8.79. The van der Waals surface area contributed by atoms with Crippen LogP contribution >= 0.6 is 0 Å². The van der Waals surface area contributed by atoms with Gasteiger partial charge in [0, 0.05) is 12.3 Å². The molecule has 3 atom stereocenters. The van der Waals surface area contributed by atoms with Crippen LogP contribution in [0.15, 0.2) is 23.1 Å². The lowest BCUT2D eigenvalue weighted by Crippen LogP contribution is -2.41. The summed E-state index contributed by atoms with van der Waals surface area (Å²) in [6.07, 6.45) is -5.05. The van der Waals surface area contributed by atoms with Crippen LogP contribution in [0.5, 0.6) is 0 Å². The molecule has 1 heterocycles. The third kappa shape index (κ3) is 2.97. The van der Waals surface area contributed by atoms with E-state index in [1.807, 2.05) is 0 Å². The van der Waals surface area contributed by atoms with Crippen LogP contribution < -0.4 is 5.56 Å².